The fourth-order valence-electron chi connectivity index (χ4n) is 2.85. The van der Waals surface area contributed by atoms with Gasteiger partial charge < -0.3 is 25.8 Å². The van der Waals surface area contributed by atoms with E-state index in [-0.39, 0.29) is 5.91 Å². The Hall–Kier alpha value is -2.67. The third-order valence-corrected chi connectivity index (χ3v) is 4.72. The van der Waals surface area contributed by atoms with Crippen LogP contribution in [0.25, 0.3) is 10.9 Å². The molecule has 2 aromatic rings. The van der Waals surface area contributed by atoms with Crippen molar-refractivity contribution in [3.05, 3.63) is 40.8 Å². The standard InChI is InChI=1S/C17H20ClN5O2/c1-11(17(25)23-7-5-22(10-24)6-8-23)16(19)21-14-4-2-3-12-13(18)9-20-15(12)14/h2-4,9-10,20-21H,5-8,19H2,1H3/b16-11+. The highest BCUT2D eigenvalue weighted by molar-refractivity contribution is 6.35. The zero-order valence-corrected chi connectivity index (χ0v) is 14.6. The maximum atomic E-state index is 12.6. The Kier molecular flexibility index (Phi) is 4.85. The van der Waals surface area contributed by atoms with Crippen LogP contribution in [-0.2, 0) is 9.59 Å². The summed E-state index contributed by atoms with van der Waals surface area (Å²) < 4.78 is 0. The molecule has 1 aromatic carbocycles. The molecule has 1 aliphatic rings. The lowest BCUT2D eigenvalue weighted by molar-refractivity contribution is -0.131. The Morgan fingerprint density at radius 3 is 2.72 bits per heavy atom. The Bertz CT molecular complexity index is 837. The lowest BCUT2D eigenvalue weighted by Crippen LogP contribution is -2.48. The smallest absolute Gasteiger partial charge is 0.253 e. The Labute approximate surface area is 150 Å². The number of hydrogen-bond acceptors (Lipinski definition) is 4. The number of aromatic amines is 1. The first-order chi connectivity index (χ1) is 12.0. The average molecular weight is 362 g/mol. The number of anilines is 1. The first kappa shape index (κ1) is 17.2. The lowest BCUT2D eigenvalue weighted by atomic mass is 10.2. The minimum absolute atomic E-state index is 0.132. The average Bonchev–Trinajstić information content (AvgIpc) is 3.02. The molecular weight excluding hydrogens is 342 g/mol. The Morgan fingerprint density at radius 1 is 1.32 bits per heavy atom. The van der Waals surface area contributed by atoms with E-state index < -0.39 is 0 Å². The highest BCUT2D eigenvalue weighted by Gasteiger charge is 2.22. The predicted octanol–water partition coefficient (Wildman–Crippen LogP) is 1.72. The maximum Gasteiger partial charge on any atom is 0.253 e. The second kappa shape index (κ2) is 7.06. The zero-order chi connectivity index (χ0) is 18.0. The summed E-state index contributed by atoms with van der Waals surface area (Å²) in [5, 5.41) is 4.60. The number of nitrogens with two attached hydrogens (primary N) is 1. The van der Waals surface area contributed by atoms with E-state index in [4.69, 9.17) is 17.3 Å². The molecule has 1 aliphatic heterocycles. The number of fused-ring (bicyclic) bond motifs is 1. The summed E-state index contributed by atoms with van der Waals surface area (Å²) in [6, 6.07) is 5.64. The summed E-state index contributed by atoms with van der Waals surface area (Å²) in [5.41, 5.74) is 8.13. The molecule has 0 unspecified atom stereocenters. The fraction of sp³-hybridized carbons (Fsp3) is 0.294. The maximum absolute atomic E-state index is 12.6. The monoisotopic (exact) mass is 361 g/mol. The Morgan fingerprint density at radius 2 is 2.04 bits per heavy atom. The van der Waals surface area contributed by atoms with Crippen molar-refractivity contribution in [3.8, 4) is 0 Å². The van der Waals surface area contributed by atoms with Gasteiger partial charge in [-0.05, 0) is 13.0 Å². The third kappa shape index (κ3) is 3.41. The molecule has 3 rings (SSSR count). The van der Waals surface area contributed by atoms with E-state index in [1.54, 1.807) is 22.9 Å². The van der Waals surface area contributed by atoms with Gasteiger partial charge in [-0.15, -0.1) is 0 Å². The highest BCUT2D eigenvalue weighted by Crippen LogP contribution is 2.29. The van der Waals surface area contributed by atoms with Crippen LogP contribution in [-0.4, -0.2) is 53.3 Å². The van der Waals surface area contributed by atoms with Gasteiger partial charge in [0.25, 0.3) is 5.91 Å². The van der Waals surface area contributed by atoms with Gasteiger partial charge in [-0.25, -0.2) is 0 Å². The number of H-pyrrole nitrogens is 1. The van der Waals surface area contributed by atoms with Crippen LogP contribution in [0.4, 0.5) is 5.69 Å². The number of carbonyl (C=O) groups is 2. The van der Waals surface area contributed by atoms with Gasteiger partial charge in [-0.3, -0.25) is 9.59 Å². The number of carbonyl (C=O) groups excluding carboxylic acids is 2. The fourth-order valence-corrected chi connectivity index (χ4v) is 3.06. The molecule has 8 heteroatoms. The number of rotatable bonds is 4. The van der Waals surface area contributed by atoms with Crippen molar-refractivity contribution >= 4 is 40.5 Å². The van der Waals surface area contributed by atoms with Gasteiger partial charge in [0.05, 0.1) is 21.8 Å². The highest BCUT2D eigenvalue weighted by atomic mass is 35.5. The first-order valence-electron chi connectivity index (χ1n) is 7.99. The van der Waals surface area contributed by atoms with Gasteiger partial charge in [-0.1, -0.05) is 23.7 Å². The summed E-state index contributed by atoms with van der Waals surface area (Å²) in [7, 11) is 0. The second-order valence-electron chi connectivity index (χ2n) is 5.96. The largest absolute Gasteiger partial charge is 0.385 e. The number of nitrogens with zero attached hydrogens (tertiary/aromatic N) is 2. The van der Waals surface area contributed by atoms with Crippen LogP contribution in [0.5, 0.6) is 0 Å². The molecule has 0 atom stereocenters. The number of halogens is 1. The lowest BCUT2D eigenvalue weighted by Gasteiger charge is -2.33. The third-order valence-electron chi connectivity index (χ3n) is 4.41. The molecule has 1 fully saturated rings. The van der Waals surface area contributed by atoms with Crippen molar-refractivity contribution in [1.29, 1.82) is 0 Å². The summed E-state index contributed by atoms with van der Waals surface area (Å²) in [4.78, 5) is 29.8. The molecule has 132 valence electrons. The number of nitrogens with one attached hydrogen (secondary N) is 2. The van der Waals surface area contributed by atoms with Crippen LogP contribution in [0.2, 0.25) is 5.02 Å². The van der Waals surface area contributed by atoms with E-state index in [0.29, 0.717) is 42.6 Å². The van der Waals surface area contributed by atoms with Crippen LogP contribution in [0.1, 0.15) is 6.92 Å². The van der Waals surface area contributed by atoms with Crippen LogP contribution in [0.15, 0.2) is 35.8 Å². The topological polar surface area (TPSA) is 94.5 Å². The van der Waals surface area contributed by atoms with Gasteiger partial charge in [0.1, 0.15) is 5.82 Å². The van der Waals surface area contributed by atoms with Crippen LogP contribution < -0.4 is 11.1 Å². The molecule has 0 spiro atoms. The van der Waals surface area contributed by atoms with Crippen LogP contribution >= 0.6 is 11.6 Å². The number of hydrogen-bond donors (Lipinski definition) is 3. The summed E-state index contributed by atoms with van der Waals surface area (Å²) in [5.74, 6) is 0.160. The number of aromatic nitrogens is 1. The molecule has 2 amide bonds. The number of amides is 2. The molecule has 1 saturated heterocycles. The molecule has 0 radical (unpaired) electrons. The Balaban J connectivity index is 1.77. The van der Waals surface area contributed by atoms with Gasteiger partial charge in [0.2, 0.25) is 6.41 Å². The molecule has 0 saturated carbocycles. The molecule has 0 aliphatic carbocycles. The first-order valence-corrected chi connectivity index (χ1v) is 8.36. The second-order valence-corrected chi connectivity index (χ2v) is 6.37. The van der Waals surface area contributed by atoms with E-state index >= 15 is 0 Å². The molecule has 2 heterocycles. The van der Waals surface area contributed by atoms with Crippen LogP contribution in [0, 0.1) is 0 Å². The molecule has 25 heavy (non-hydrogen) atoms. The van der Waals surface area contributed by atoms with E-state index in [2.05, 4.69) is 10.3 Å². The van der Waals surface area contributed by atoms with E-state index in [1.807, 2.05) is 18.2 Å². The quantitative estimate of drug-likeness (QED) is 0.571. The van der Waals surface area contributed by atoms with E-state index in [1.165, 1.54) is 0 Å². The zero-order valence-electron chi connectivity index (χ0n) is 13.9. The van der Waals surface area contributed by atoms with Crippen molar-refractivity contribution < 1.29 is 9.59 Å². The molecular formula is C17H20ClN5O2. The molecule has 4 N–H and O–H groups in total. The van der Waals surface area contributed by atoms with E-state index in [0.717, 1.165) is 23.0 Å². The molecule has 1 aromatic heterocycles. The van der Waals surface area contributed by atoms with Crippen molar-refractivity contribution in [3.63, 3.8) is 0 Å². The summed E-state index contributed by atoms with van der Waals surface area (Å²) >= 11 is 6.13. The van der Waals surface area contributed by atoms with Crippen LogP contribution in [0.3, 0.4) is 0 Å². The van der Waals surface area contributed by atoms with Gasteiger partial charge >= 0.3 is 0 Å². The van der Waals surface area contributed by atoms with Gasteiger partial charge in [0.15, 0.2) is 0 Å². The van der Waals surface area contributed by atoms with Gasteiger partial charge in [-0.2, -0.15) is 0 Å². The van der Waals surface area contributed by atoms with Crippen molar-refractivity contribution in [2.45, 2.75) is 6.92 Å². The number of benzene rings is 1. The normalized spacial score (nSPS) is 15.9. The van der Waals surface area contributed by atoms with Crippen molar-refractivity contribution in [2.75, 3.05) is 31.5 Å². The summed E-state index contributed by atoms with van der Waals surface area (Å²) in [6.07, 6.45) is 2.52. The SMILES string of the molecule is C/C(C(=O)N1CCN(C=O)CC1)=C(/N)Nc1cccc2c(Cl)c[nH]c12. The van der Waals surface area contributed by atoms with Crippen molar-refractivity contribution in [2.24, 2.45) is 5.73 Å². The number of piperazine rings is 1. The van der Waals surface area contributed by atoms with E-state index in [9.17, 15) is 9.59 Å². The molecule has 7 nitrogen and oxygen atoms in total. The number of para-hydroxylation sites is 1. The minimum Gasteiger partial charge on any atom is -0.385 e. The van der Waals surface area contributed by atoms with Gasteiger partial charge in [0, 0.05) is 37.8 Å². The van der Waals surface area contributed by atoms with Crippen molar-refractivity contribution in [1.82, 2.24) is 14.8 Å². The minimum atomic E-state index is -0.132. The molecule has 0 bridgehead atoms. The summed E-state index contributed by atoms with van der Waals surface area (Å²) in [6.45, 7) is 3.78. The predicted molar refractivity (Wildman–Crippen MR) is 98.0 cm³/mol.